The summed E-state index contributed by atoms with van der Waals surface area (Å²) in [7, 11) is 1.89. The van der Waals surface area contributed by atoms with Gasteiger partial charge in [0.15, 0.2) is 6.29 Å². The lowest BCUT2D eigenvalue weighted by Gasteiger charge is -2.19. The number of rotatable bonds is 5. The van der Waals surface area contributed by atoms with Gasteiger partial charge in [0.1, 0.15) is 5.82 Å². The maximum atomic E-state index is 13.1. The second kappa shape index (κ2) is 6.48. The van der Waals surface area contributed by atoms with Gasteiger partial charge in [0.25, 0.3) is 0 Å². The normalized spacial score (nSPS) is 18.2. The van der Waals surface area contributed by atoms with E-state index in [-0.39, 0.29) is 23.2 Å². The molecule has 1 heterocycles. The molecule has 0 amide bonds. The number of ether oxygens (including phenoxy) is 2. The first-order valence-electron chi connectivity index (χ1n) is 6.03. The van der Waals surface area contributed by atoms with Crippen molar-refractivity contribution >= 4 is 11.6 Å². The molecule has 1 aliphatic rings. The van der Waals surface area contributed by atoms with E-state index in [1.54, 1.807) is 12.1 Å². The number of hydrogen-bond donors (Lipinski definition) is 1. The van der Waals surface area contributed by atoms with E-state index in [9.17, 15) is 4.39 Å². The zero-order valence-corrected chi connectivity index (χ0v) is 11.0. The molecule has 1 atom stereocenters. The number of likely N-dealkylation sites (N-methyl/N-ethyl adjacent to an activating group) is 1. The minimum atomic E-state index is -0.385. The van der Waals surface area contributed by atoms with Crippen LogP contribution >= 0.6 is 11.6 Å². The molecule has 2 rings (SSSR count). The molecule has 1 aromatic carbocycles. The maximum Gasteiger partial charge on any atom is 0.159 e. The van der Waals surface area contributed by atoms with Crippen LogP contribution in [-0.2, 0) is 15.9 Å². The highest BCUT2D eigenvalue weighted by Gasteiger charge is 2.20. The average Bonchev–Trinajstić information content (AvgIpc) is 2.86. The Morgan fingerprint density at radius 1 is 1.44 bits per heavy atom. The summed E-state index contributed by atoms with van der Waals surface area (Å²) < 4.78 is 23.9. The summed E-state index contributed by atoms with van der Waals surface area (Å²) in [4.78, 5) is 0. The first-order valence-corrected chi connectivity index (χ1v) is 6.41. The van der Waals surface area contributed by atoms with E-state index < -0.39 is 0 Å². The van der Waals surface area contributed by atoms with E-state index in [0.717, 1.165) is 18.4 Å². The molecule has 5 heteroatoms. The highest BCUT2D eigenvalue weighted by Crippen LogP contribution is 2.19. The fraction of sp³-hybridized carbons (Fsp3) is 0.538. The maximum absolute atomic E-state index is 13.1. The summed E-state index contributed by atoms with van der Waals surface area (Å²) in [5.41, 5.74) is 0.999. The third kappa shape index (κ3) is 3.65. The van der Waals surface area contributed by atoms with Crippen LogP contribution in [0.1, 0.15) is 12.0 Å². The van der Waals surface area contributed by atoms with Gasteiger partial charge in [0.2, 0.25) is 0 Å². The smallest absolute Gasteiger partial charge is 0.159 e. The van der Waals surface area contributed by atoms with Crippen LogP contribution in [0.15, 0.2) is 18.2 Å². The van der Waals surface area contributed by atoms with Crippen LogP contribution in [0.3, 0.4) is 0 Å². The SMILES string of the molecule is CNC(Cc1ccc(F)c(Cl)c1)CC1OCCO1. The van der Waals surface area contributed by atoms with Crippen molar-refractivity contribution in [2.75, 3.05) is 20.3 Å². The molecule has 0 bridgehead atoms. The van der Waals surface area contributed by atoms with E-state index in [2.05, 4.69) is 5.32 Å². The Labute approximate surface area is 111 Å². The lowest BCUT2D eigenvalue weighted by Crippen LogP contribution is -2.32. The molecule has 100 valence electrons. The lowest BCUT2D eigenvalue weighted by molar-refractivity contribution is -0.0522. The zero-order chi connectivity index (χ0) is 13.0. The monoisotopic (exact) mass is 273 g/mol. The average molecular weight is 274 g/mol. The molecule has 1 unspecified atom stereocenters. The van der Waals surface area contributed by atoms with E-state index in [1.165, 1.54) is 6.07 Å². The van der Waals surface area contributed by atoms with Gasteiger partial charge in [-0.3, -0.25) is 0 Å². The largest absolute Gasteiger partial charge is 0.350 e. The van der Waals surface area contributed by atoms with Crippen LogP contribution in [0.5, 0.6) is 0 Å². The van der Waals surface area contributed by atoms with Crippen molar-refractivity contribution < 1.29 is 13.9 Å². The van der Waals surface area contributed by atoms with Crippen LogP contribution in [0.2, 0.25) is 5.02 Å². The van der Waals surface area contributed by atoms with E-state index in [0.29, 0.717) is 13.2 Å². The fourth-order valence-corrected chi connectivity index (χ4v) is 2.23. The molecule has 0 aliphatic carbocycles. The predicted molar refractivity (Wildman–Crippen MR) is 68.3 cm³/mol. The molecule has 1 saturated heterocycles. The van der Waals surface area contributed by atoms with Crippen molar-refractivity contribution in [1.82, 2.24) is 5.32 Å². The minimum Gasteiger partial charge on any atom is -0.350 e. The number of benzene rings is 1. The Morgan fingerprint density at radius 2 is 2.17 bits per heavy atom. The highest BCUT2D eigenvalue weighted by molar-refractivity contribution is 6.30. The van der Waals surface area contributed by atoms with E-state index in [4.69, 9.17) is 21.1 Å². The Hall–Kier alpha value is -0.680. The Morgan fingerprint density at radius 3 is 2.78 bits per heavy atom. The van der Waals surface area contributed by atoms with Gasteiger partial charge in [-0.05, 0) is 31.2 Å². The van der Waals surface area contributed by atoms with Gasteiger partial charge < -0.3 is 14.8 Å². The Kier molecular flexibility index (Phi) is 4.95. The quantitative estimate of drug-likeness (QED) is 0.893. The van der Waals surface area contributed by atoms with Gasteiger partial charge in [-0.15, -0.1) is 0 Å². The van der Waals surface area contributed by atoms with Gasteiger partial charge in [-0.25, -0.2) is 4.39 Å². The number of hydrogen-bond acceptors (Lipinski definition) is 3. The van der Waals surface area contributed by atoms with Gasteiger partial charge in [0, 0.05) is 12.5 Å². The molecule has 1 aliphatic heterocycles. The molecule has 18 heavy (non-hydrogen) atoms. The first kappa shape index (κ1) is 13.7. The Balaban J connectivity index is 1.94. The molecule has 1 fully saturated rings. The van der Waals surface area contributed by atoms with Gasteiger partial charge >= 0.3 is 0 Å². The summed E-state index contributed by atoms with van der Waals surface area (Å²) in [6.07, 6.45) is 1.39. The molecule has 1 N–H and O–H groups in total. The molecular weight excluding hydrogens is 257 g/mol. The summed E-state index contributed by atoms with van der Waals surface area (Å²) in [5.74, 6) is -0.385. The molecule has 0 radical (unpaired) electrons. The Bertz CT molecular complexity index is 397. The number of halogens is 2. The third-order valence-electron chi connectivity index (χ3n) is 3.04. The van der Waals surface area contributed by atoms with Gasteiger partial charge in [0.05, 0.1) is 18.2 Å². The molecule has 3 nitrogen and oxygen atoms in total. The fourth-order valence-electron chi connectivity index (χ4n) is 2.03. The highest BCUT2D eigenvalue weighted by atomic mass is 35.5. The topological polar surface area (TPSA) is 30.5 Å². The van der Waals surface area contributed by atoms with Crippen molar-refractivity contribution in [3.05, 3.63) is 34.6 Å². The molecule has 0 aromatic heterocycles. The van der Waals surface area contributed by atoms with Crippen molar-refractivity contribution in [2.45, 2.75) is 25.2 Å². The molecule has 0 spiro atoms. The first-order chi connectivity index (χ1) is 8.69. The van der Waals surface area contributed by atoms with Crippen molar-refractivity contribution in [2.24, 2.45) is 0 Å². The van der Waals surface area contributed by atoms with Crippen LogP contribution in [-0.4, -0.2) is 32.6 Å². The van der Waals surface area contributed by atoms with E-state index in [1.807, 2.05) is 7.05 Å². The van der Waals surface area contributed by atoms with Crippen LogP contribution in [0, 0.1) is 5.82 Å². The predicted octanol–water partition coefficient (Wildman–Crippen LogP) is 2.37. The minimum absolute atomic E-state index is 0.140. The molecule has 1 aromatic rings. The van der Waals surface area contributed by atoms with Crippen molar-refractivity contribution in [3.8, 4) is 0 Å². The zero-order valence-electron chi connectivity index (χ0n) is 10.3. The van der Waals surface area contributed by atoms with Crippen molar-refractivity contribution in [3.63, 3.8) is 0 Å². The standard InChI is InChI=1S/C13H17ClFNO2/c1-16-10(8-13-17-4-5-18-13)6-9-2-3-12(15)11(14)7-9/h2-3,7,10,13,16H,4-6,8H2,1H3. The lowest BCUT2D eigenvalue weighted by atomic mass is 10.0. The summed E-state index contributed by atoms with van der Waals surface area (Å²) in [6, 6.07) is 5.03. The number of nitrogens with one attached hydrogen (secondary N) is 1. The second-order valence-electron chi connectivity index (χ2n) is 4.35. The van der Waals surface area contributed by atoms with Crippen molar-refractivity contribution in [1.29, 1.82) is 0 Å². The van der Waals surface area contributed by atoms with Gasteiger partial charge in [-0.1, -0.05) is 17.7 Å². The van der Waals surface area contributed by atoms with Gasteiger partial charge in [-0.2, -0.15) is 0 Å². The summed E-state index contributed by atoms with van der Waals surface area (Å²) >= 11 is 5.77. The second-order valence-corrected chi connectivity index (χ2v) is 4.75. The molecule has 0 saturated carbocycles. The third-order valence-corrected chi connectivity index (χ3v) is 3.33. The van der Waals surface area contributed by atoms with E-state index >= 15 is 0 Å². The summed E-state index contributed by atoms with van der Waals surface area (Å²) in [5, 5.41) is 3.38. The van der Waals surface area contributed by atoms with Crippen LogP contribution in [0.4, 0.5) is 4.39 Å². The van der Waals surface area contributed by atoms with Crippen LogP contribution in [0.25, 0.3) is 0 Å². The molecular formula is C13H17ClFNO2. The van der Waals surface area contributed by atoms with Crippen LogP contribution < -0.4 is 5.32 Å². The summed E-state index contributed by atoms with van der Waals surface area (Å²) in [6.45, 7) is 1.31.